The molecule has 0 saturated carbocycles. The van der Waals surface area contributed by atoms with Crippen LogP contribution in [-0.2, 0) is 9.05 Å². The number of aromatic amines is 2. The summed E-state index contributed by atoms with van der Waals surface area (Å²) >= 11 is 0. The van der Waals surface area contributed by atoms with Gasteiger partial charge in [0.1, 0.15) is 0 Å². The molecule has 104 valence electrons. The van der Waals surface area contributed by atoms with Gasteiger partial charge in [-0.25, -0.2) is 0 Å². The zero-order valence-corrected chi connectivity index (χ0v) is 11.9. The Balaban J connectivity index is 2.30. The number of rotatable bonds is 3. The maximum absolute atomic E-state index is 11.6. The van der Waals surface area contributed by atoms with Gasteiger partial charge in [0.25, 0.3) is 0 Å². The number of aromatic nitrogens is 2. The average Bonchev–Trinajstić information content (AvgIpc) is 2.76. The summed E-state index contributed by atoms with van der Waals surface area (Å²) in [4.78, 5) is 28.5. The predicted octanol–water partition coefficient (Wildman–Crippen LogP) is 1.74. The minimum Gasteiger partial charge on any atom is -0.337 e. The molecule has 7 heteroatoms. The van der Waals surface area contributed by atoms with Crippen molar-refractivity contribution in [1.82, 2.24) is 9.97 Å². The molecule has 0 bridgehead atoms. The zero-order chi connectivity index (χ0) is 14.3. The van der Waals surface area contributed by atoms with Crippen LogP contribution in [0, 0.1) is 0 Å². The van der Waals surface area contributed by atoms with Gasteiger partial charge in [0.2, 0.25) is 0 Å². The smallest absolute Gasteiger partial charge is 0.314 e. The molecule has 0 aliphatic heterocycles. The van der Waals surface area contributed by atoms with E-state index in [-0.39, 0.29) is 5.66 Å². The van der Waals surface area contributed by atoms with E-state index in [0.29, 0.717) is 11.4 Å². The molecule has 2 aromatic rings. The number of fused-ring (bicyclic) bond motifs is 3. The van der Waals surface area contributed by atoms with Crippen LogP contribution in [0.5, 0.6) is 0 Å². The molecule has 0 spiro atoms. The molecular weight excluding hydrogens is 279 g/mol. The van der Waals surface area contributed by atoms with Crippen LogP contribution in [0.3, 0.4) is 0 Å². The molecule has 1 aliphatic rings. The molecule has 20 heavy (non-hydrogen) atoms. The Morgan fingerprint density at radius 3 is 2.40 bits per heavy atom. The topological polar surface area (TPSA) is 84.2 Å². The van der Waals surface area contributed by atoms with Crippen molar-refractivity contribution in [3.63, 3.8) is 0 Å². The Hall–Kier alpha value is -1.75. The normalized spacial score (nSPS) is 16.2. The number of hydrogen-bond acceptors (Lipinski definition) is 4. The third-order valence-electron chi connectivity index (χ3n) is 3.33. The van der Waals surface area contributed by atoms with Crippen LogP contribution in [0.2, 0.25) is 0 Å². The molecule has 1 heterocycles. The molecule has 6 nitrogen and oxygen atoms in total. The van der Waals surface area contributed by atoms with E-state index in [4.69, 9.17) is 9.05 Å². The van der Waals surface area contributed by atoms with Crippen LogP contribution in [-0.4, -0.2) is 24.2 Å². The van der Waals surface area contributed by atoms with E-state index in [0.717, 1.165) is 11.1 Å². The van der Waals surface area contributed by atoms with Crippen LogP contribution in [0.1, 0.15) is 16.9 Å². The molecule has 3 rings (SSSR count). The lowest BCUT2D eigenvalue weighted by Crippen LogP contribution is -2.30. The second-order valence-electron chi connectivity index (χ2n) is 4.34. The summed E-state index contributed by atoms with van der Waals surface area (Å²) in [6.45, 7) is 0. The SMILES string of the molecule is COP(OC)C1c2ccccc2-c2[nH]c(=O)c(=O)[nH]c21. The fourth-order valence-corrected chi connectivity index (χ4v) is 3.95. The summed E-state index contributed by atoms with van der Waals surface area (Å²) in [5.74, 6) is 0. The van der Waals surface area contributed by atoms with Gasteiger partial charge in [0, 0.05) is 19.8 Å². The monoisotopic (exact) mass is 292 g/mol. The van der Waals surface area contributed by atoms with Crippen molar-refractivity contribution in [2.24, 2.45) is 0 Å². The van der Waals surface area contributed by atoms with Crippen LogP contribution < -0.4 is 11.1 Å². The number of nitrogens with one attached hydrogen (secondary N) is 2. The van der Waals surface area contributed by atoms with Crippen LogP contribution >= 0.6 is 8.38 Å². The fraction of sp³-hybridized carbons (Fsp3) is 0.231. The third-order valence-corrected chi connectivity index (χ3v) is 5.01. The van der Waals surface area contributed by atoms with Gasteiger partial charge in [0.05, 0.1) is 17.0 Å². The fourth-order valence-electron chi connectivity index (χ4n) is 2.52. The molecule has 0 radical (unpaired) electrons. The first-order chi connectivity index (χ1) is 9.67. The number of hydrogen-bond donors (Lipinski definition) is 2. The average molecular weight is 292 g/mol. The Labute approximate surface area is 115 Å². The van der Waals surface area contributed by atoms with E-state index < -0.39 is 19.5 Å². The maximum Gasteiger partial charge on any atom is 0.314 e. The molecule has 2 N–H and O–H groups in total. The van der Waals surface area contributed by atoms with Gasteiger partial charge < -0.3 is 19.0 Å². The van der Waals surface area contributed by atoms with Crippen molar-refractivity contribution >= 4 is 8.38 Å². The summed E-state index contributed by atoms with van der Waals surface area (Å²) in [5.41, 5.74) is 1.62. The first-order valence-electron chi connectivity index (χ1n) is 6.00. The van der Waals surface area contributed by atoms with Gasteiger partial charge in [-0.15, -0.1) is 0 Å². The Bertz CT molecular complexity index is 763. The molecule has 1 atom stereocenters. The molecule has 1 aliphatic carbocycles. The van der Waals surface area contributed by atoms with Gasteiger partial charge in [-0.2, -0.15) is 0 Å². The lowest BCUT2D eigenvalue weighted by Gasteiger charge is -2.20. The second-order valence-corrected chi connectivity index (χ2v) is 6.15. The Morgan fingerprint density at radius 2 is 1.70 bits per heavy atom. The summed E-state index contributed by atoms with van der Waals surface area (Å²) in [6.07, 6.45) is 0. The third kappa shape index (κ3) is 1.85. The lowest BCUT2D eigenvalue weighted by molar-refractivity contribution is 0.334. The van der Waals surface area contributed by atoms with Gasteiger partial charge in [-0.1, -0.05) is 24.3 Å². The molecule has 1 aromatic carbocycles. The highest BCUT2D eigenvalue weighted by atomic mass is 31.2. The first-order valence-corrected chi connectivity index (χ1v) is 7.25. The van der Waals surface area contributed by atoms with Crippen LogP contribution in [0.4, 0.5) is 0 Å². The molecule has 0 saturated heterocycles. The minimum absolute atomic E-state index is 0.212. The zero-order valence-electron chi connectivity index (χ0n) is 11.0. The van der Waals surface area contributed by atoms with Gasteiger partial charge >= 0.3 is 11.1 Å². The molecular formula is C13H13N2O4P. The van der Waals surface area contributed by atoms with E-state index in [1.54, 1.807) is 14.2 Å². The van der Waals surface area contributed by atoms with Gasteiger partial charge in [-0.3, -0.25) is 9.59 Å². The van der Waals surface area contributed by atoms with Crippen LogP contribution in [0.15, 0.2) is 33.9 Å². The Kier molecular flexibility index (Phi) is 3.30. The van der Waals surface area contributed by atoms with Crippen molar-refractivity contribution in [3.8, 4) is 11.3 Å². The molecule has 0 fully saturated rings. The Morgan fingerprint density at radius 1 is 1.05 bits per heavy atom. The highest BCUT2D eigenvalue weighted by molar-refractivity contribution is 7.48. The van der Waals surface area contributed by atoms with Crippen molar-refractivity contribution in [2.75, 3.05) is 14.2 Å². The number of H-pyrrole nitrogens is 2. The summed E-state index contributed by atoms with van der Waals surface area (Å²) in [5, 5.41) is 0. The van der Waals surface area contributed by atoms with E-state index in [2.05, 4.69) is 9.97 Å². The standard InChI is InChI=1S/C13H13N2O4P/c1-18-20(19-2)11-8-6-4-3-5-7(8)9-10(11)15-13(17)12(16)14-9/h3-6,11H,1-2H3,(H,14,16)(H,15,17). The van der Waals surface area contributed by atoms with E-state index >= 15 is 0 Å². The summed E-state index contributed by atoms with van der Waals surface area (Å²) in [7, 11) is 1.89. The quantitative estimate of drug-likeness (QED) is 0.666. The van der Waals surface area contributed by atoms with Gasteiger partial charge in [-0.05, 0) is 5.56 Å². The predicted molar refractivity (Wildman–Crippen MR) is 75.9 cm³/mol. The maximum atomic E-state index is 11.6. The van der Waals surface area contributed by atoms with Crippen molar-refractivity contribution in [1.29, 1.82) is 0 Å². The lowest BCUT2D eigenvalue weighted by atomic mass is 10.1. The minimum atomic E-state index is -1.24. The highest BCUT2D eigenvalue weighted by Crippen LogP contribution is 2.60. The van der Waals surface area contributed by atoms with Crippen molar-refractivity contribution < 1.29 is 9.05 Å². The highest BCUT2D eigenvalue weighted by Gasteiger charge is 2.37. The van der Waals surface area contributed by atoms with E-state index in [9.17, 15) is 9.59 Å². The van der Waals surface area contributed by atoms with E-state index in [1.165, 1.54) is 0 Å². The van der Waals surface area contributed by atoms with Gasteiger partial charge in [0.15, 0.2) is 8.38 Å². The molecule has 0 amide bonds. The van der Waals surface area contributed by atoms with Crippen LogP contribution in [0.25, 0.3) is 11.3 Å². The molecule has 1 aromatic heterocycles. The first kappa shape index (κ1) is 13.2. The second kappa shape index (κ2) is 4.98. The molecule has 1 unspecified atom stereocenters. The number of benzene rings is 1. The van der Waals surface area contributed by atoms with E-state index in [1.807, 2.05) is 24.3 Å². The summed E-state index contributed by atoms with van der Waals surface area (Å²) < 4.78 is 10.8. The summed E-state index contributed by atoms with van der Waals surface area (Å²) in [6, 6.07) is 7.65. The largest absolute Gasteiger partial charge is 0.337 e. The van der Waals surface area contributed by atoms with Crippen molar-refractivity contribution in [3.05, 3.63) is 56.2 Å². The van der Waals surface area contributed by atoms with Crippen molar-refractivity contribution in [2.45, 2.75) is 5.66 Å².